The summed E-state index contributed by atoms with van der Waals surface area (Å²) in [5.41, 5.74) is 5.85. The van der Waals surface area contributed by atoms with Crippen molar-refractivity contribution in [2.45, 2.75) is 38.6 Å². The summed E-state index contributed by atoms with van der Waals surface area (Å²) in [4.78, 5) is -0.345. The summed E-state index contributed by atoms with van der Waals surface area (Å²) in [6, 6.07) is 3.88. The lowest BCUT2D eigenvalue weighted by Gasteiger charge is -2.22. The molecular formula is C13H21FN2O2S. The molecule has 6 heteroatoms. The number of hydrogen-bond donors (Lipinski definition) is 2. The fourth-order valence-electron chi connectivity index (χ4n) is 1.37. The van der Waals surface area contributed by atoms with Gasteiger partial charge in [0.15, 0.2) is 0 Å². The molecule has 0 unspecified atom stereocenters. The zero-order chi connectivity index (χ0) is 14.7. The Labute approximate surface area is 114 Å². The Kier molecular flexibility index (Phi) is 5.06. The van der Waals surface area contributed by atoms with E-state index in [1.54, 1.807) is 0 Å². The van der Waals surface area contributed by atoms with Crippen molar-refractivity contribution in [2.75, 3.05) is 6.54 Å². The first-order valence-corrected chi connectivity index (χ1v) is 7.68. The van der Waals surface area contributed by atoms with Crippen LogP contribution in [-0.2, 0) is 16.6 Å². The summed E-state index contributed by atoms with van der Waals surface area (Å²) in [6.07, 6.45) is 0.820. The lowest BCUT2D eigenvalue weighted by atomic mass is 9.91. The number of nitrogens with one attached hydrogen (secondary N) is 1. The average Bonchev–Trinajstić information content (AvgIpc) is 2.37. The molecule has 0 heterocycles. The van der Waals surface area contributed by atoms with Gasteiger partial charge in [-0.15, -0.1) is 0 Å². The molecule has 0 aliphatic carbocycles. The van der Waals surface area contributed by atoms with Gasteiger partial charge in [0.05, 0.1) is 0 Å². The van der Waals surface area contributed by atoms with Crippen LogP contribution >= 0.6 is 0 Å². The van der Waals surface area contributed by atoms with Gasteiger partial charge in [-0.05, 0) is 29.5 Å². The predicted molar refractivity (Wildman–Crippen MR) is 73.6 cm³/mol. The minimum atomic E-state index is -3.85. The van der Waals surface area contributed by atoms with Crippen LogP contribution in [0.2, 0.25) is 0 Å². The van der Waals surface area contributed by atoms with E-state index in [1.165, 1.54) is 12.1 Å². The number of benzene rings is 1. The van der Waals surface area contributed by atoms with Gasteiger partial charge >= 0.3 is 0 Å². The first-order valence-electron chi connectivity index (χ1n) is 6.20. The Morgan fingerprint density at radius 3 is 2.53 bits per heavy atom. The van der Waals surface area contributed by atoms with Crippen LogP contribution in [0.3, 0.4) is 0 Å². The van der Waals surface area contributed by atoms with Crippen molar-refractivity contribution in [1.82, 2.24) is 4.72 Å². The topological polar surface area (TPSA) is 72.2 Å². The van der Waals surface area contributed by atoms with Gasteiger partial charge in [-0.1, -0.05) is 26.8 Å². The van der Waals surface area contributed by atoms with Crippen molar-refractivity contribution in [2.24, 2.45) is 11.1 Å². The number of hydrogen-bond acceptors (Lipinski definition) is 3. The second kappa shape index (κ2) is 5.98. The highest BCUT2D eigenvalue weighted by molar-refractivity contribution is 7.89. The van der Waals surface area contributed by atoms with E-state index in [9.17, 15) is 12.8 Å². The fraction of sp³-hybridized carbons (Fsp3) is 0.538. The quantitative estimate of drug-likeness (QED) is 0.841. The summed E-state index contributed by atoms with van der Waals surface area (Å²) in [6.45, 7) is 6.30. The molecule has 108 valence electrons. The highest BCUT2D eigenvalue weighted by atomic mass is 32.2. The zero-order valence-electron chi connectivity index (χ0n) is 11.5. The molecule has 0 saturated carbocycles. The molecule has 0 bridgehead atoms. The van der Waals surface area contributed by atoms with Gasteiger partial charge in [-0.3, -0.25) is 0 Å². The second-order valence-electron chi connectivity index (χ2n) is 5.31. The summed E-state index contributed by atoms with van der Waals surface area (Å²) in [7, 11) is -3.85. The van der Waals surface area contributed by atoms with E-state index in [2.05, 4.69) is 4.72 Å². The van der Waals surface area contributed by atoms with E-state index in [-0.39, 0.29) is 23.4 Å². The van der Waals surface area contributed by atoms with Crippen LogP contribution < -0.4 is 10.5 Å². The minimum absolute atomic E-state index is 0.170. The average molecular weight is 288 g/mol. The van der Waals surface area contributed by atoms with Gasteiger partial charge in [0, 0.05) is 13.1 Å². The standard InChI is InChI=1S/C13H21FN2O2S/c1-4-13(2,3)9-16-19(17,18)12-7-10(8-15)5-6-11(12)14/h5-7,16H,4,8-9,15H2,1-3H3. The van der Waals surface area contributed by atoms with Crippen LogP contribution in [0.5, 0.6) is 0 Å². The van der Waals surface area contributed by atoms with Gasteiger partial charge in [-0.2, -0.15) is 0 Å². The minimum Gasteiger partial charge on any atom is -0.326 e. The Morgan fingerprint density at radius 1 is 1.37 bits per heavy atom. The third-order valence-corrected chi connectivity index (χ3v) is 4.63. The van der Waals surface area contributed by atoms with Crippen LogP contribution in [-0.4, -0.2) is 15.0 Å². The summed E-state index contributed by atoms with van der Waals surface area (Å²) in [5.74, 6) is -0.765. The van der Waals surface area contributed by atoms with Crippen molar-refractivity contribution >= 4 is 10.0 Å². The molecule has 0 aliphatic rings. The molecule has 1 aromatic rings. The molecule has 0 spiro atoms. The SMILES string of the molecule is CCC(C)(C)CNS(=O)(=O)c1cc(CN)ccc1F. The normalized spacial score (nSPS) is 12.7. The lowest BCUT2D eigenvalue weighted by Crippen LogP contribution is -2.34. The molecule has 0 saturated heterocycles. The Balaban J connectivity index is 3.00. The summed E-state index contributed by atoms with van der Waals surface area (Å²) < 4.78 is 40.3. The van der Waals surface area contributed by atoms with Crippen LogP contribution in [0.4, 0.5) is 4.39 Å². The summed E-state index contributed by atoms with van der Waals surface area (Å²) >= 11 is 0. The highest BCUT2D eigenvalue weighted by Crippen LogP contribution is 2.21. The third kappa shape index (κ3) is 4.26. The molecular weight excluding hydrogens is 267 g/mol. The molecule has 0 aromatic heterocycles. The number of nitrogens with two attached hydrogens (primary N) is 1. The van der Waals surface area contributed by atoms with E-state index in [4.69, 9.17) is 5.73 Å². The molecule has 0 atom stereocenters. The highest BCUT2D eigenvalue weighted by Gasteiger charge is 2.23. The zero-order valence-corrected chi connectivity index (χ0v) is 12.3. The van der Waals surface area contributed by atoms with Gasteiger partial charge < -0.3 is 5.73 Å². The predicted octanol–water partition coefficient (Wildman–Crippen LogP) is 2.00. The molecule has 0 fully saturated rings. The van der Waals surface area contributed by atoms with E-state index in [0.29, 0.717) is 5.56 Å². The van der Waals surface area contributed by atoms with Gasteiger partial charge in [-0.25, -0.2) is 17.5 Å². The van der Waals surface area contributed by atoms with Crippen LogP contribution in [0.15, 0.2) is 23.1 Å². The molecule has 19 heavy (non-hydrogen) atoms. The molecule has 0 aliphatic heterocycles. The van der Waals surface area contributed by atoms with Crippen LogP contribution in [0, 0.1) is 11.2 Å². The van der Waals surface area contributed by atoms with Crippen LogP contribution in [0.1, 0.15) is 32.8 Å². The van der Waals surface area contributed by atoms with E-state index in [0.717, 1.165) is 12.5 Å². The molecule has 4 nitrogen and oxygen atoms in total. The van der Waals surface area contributed by atoms with Crippen molar-refractivity contribution in [1.29, 1.82) is 0 Å². The fourth-order valence-corrected chi connectivity index (χ4v) is 2.74. The van der Waals surface area contributed by atoms with Crippen molar-refractivity contribution in [3.63, 3.8) is 0 Å². The van der Waals surface area contributed by atoms with Gasteiger partial charge in [0.25, 0.3) is 0 Å². The van der Waals surface area contributed by atoms with E-state index in [1.807, 2.05) is 20.8 Å². The molecule has 3 N–H and O–H groups in total. The maximum Gasteiger partial charge on any atom is 0.243 e. The molecule has 1 rings (SSSR count). The Bertz CT molecular complexity index is 542. The first-order chi connectivity index (χ1) is 8.72. The largest absolute Gasteiger partial charge is 0.326 e. The molecule has 0 amide bonds. The number of sulfonamides is 1. The maximum absolute atomic E-state index is 13.6. The van der Waals surface area contributed by atoms with Crippen LogP contribution in [0.25, 0.3) is 0 Å². The summed E-state index contributed by atoms with van der Waals surface area (Å²) in [5, 5.41) is 0. The third-order valence-electron chi connectivity index (χ3n) is 3.22. The molecule has 0 radical (unpaired) electrons. The van der Waals surface area contributed by atoms with Crippen molar-refractivity contribution < 1.29 is 12.8 Å². The van der Waals surface area contributed by atoms with Crippen molar-refractivity contribution in [3.05, 3.63) is 29.6 Å². The smallest absolute Gasteiger partial charge is 0.243 e. The number of rotatable bonds is 6. The Morgan fingerprint density at radius 2 is 2.00 bits per heavy atom. The monoisotopic (exact) mass is 288 g/mol. The number of halogens is 1. The van der Waals surface area contributed by atoms with E-state index < -0.39 is 15.8 Å². The lowest BCUT2D eigenvalue weighted by molar-refractivity contribution is 0.350. The first kappa shape index (κ1) is 16.1. The van der Waals surface area contributed by atoms with Gasteiger partial charge in [0.2, 0.25) is 10.0 Å². The molecule has 1 aromatic carbocycles. The van der Waals surface area contributed by atoms with E-state index >= 15 is 0 Å². The maximum atomic E-state index is 13.6. The Hall–Kier alpha value is -0.980. The van der Waals surface area contributed by atoms with Crippen molar-refractivity contribution in [3.8, 4) is 0 Å². The van der Waals surface area contributed by atoms with Gasteiger partial charge in [0.1, 0.15) is 10.7 Å². The second-order valence-corrected chi connectivity index (χ2v) is 7.05.